The van der Waals surface area contributed by atoms with Crippen LogP contribution in [0.15, 0.2) is 59.1 Å². The van der Waals surface area contributed by atoms with Crippen molar-refractivity contribution in [3.05, 3.63) is 77.5 Å². The zero-order valence-electron chi connectivity index (χ0n) is 14.9. The van der Waals surface area contributed by atoms with Gasteiger partial charge in [0.2, 0.25) is 5.91 Å². The van der Waals surface area contributed by atoms with Gasteiger partial charge in [-0.05, 0) is 37.5 Å². The van der Waals surface area contributed by atoms with Crippen LogP contribution in [0, 0.1) is 11.6 Å². The van der Waals surface area contributed by atoms with Crippen LogP contribution < -0.4 is 5.32 Å². The number of carbonyl (C=O) groups excluding carboxylic acids is 1. The Morgan fingerprint density at radius 3 is 2.67 bits per heavy atom. The molecule has 4 nitrogen and oxygen atoms in total. The molecule has 27 heavy (non-hydrogen) atoms. The lowest BCUT2D eigenvalue weighted by Crippen LogP contribution is -2.34. The highest BCUT2D eigenvalue weighted by atomic mass is 19.1. The number of carbonyl (C=O) groups is 1. The van der Waals surface area contributed by atoms with Gasteiger partial charge in [-0.3, -0.25) is 4.79 Å². The second-order valence-electron chi connectivity index (χ2n) is 6.48. The predicted molar refractivity (Wildman–Crippen MR) is 97.9 cm³/mol. The highest BCUT2D eigenvalue weighted by molar-refractivity contribution is 5.78. The van der Waals surface area contributed by atoms with E-state index in [1.807, 2.05) is 25.1 Å². The molecule has 2 aromatic carbocycles. The van der Waals surface area contributed by atoms with Crippen molar-refractivity contribution in [2.24, 2.45) is 0 Å². The summed E-state index contributed by atoms with van der Waals surface area (Å²) in [4.78, 5) is 12.2. The highest BCUT2D eigenvalue weighted by Crippen LogP contribution is 2.24. The maximum absolute atomic E-state index is 13.8. The van der Waals surface area contributed by atoms with Gasteiger partial charge in [0.15, 0.2) is 5.76 Å². The molecule has 0 aliphatic heterocycles. The minimum atomic E-state index is -0.739. The van der Waals surface area contributed by atoms with E-state index in [0.717, 1.165) is 25.0 Å². The topological polar surface area (TPSA) is 55.1 Å². The minimum absolute atomic E-state index is 0.0126. The average molecular weight is 370 g/mol. The molecular formula is C21H20F2N2O2. The number of aryl methyl sites for hydroxylation is 1. The highest BCUT2D eigenvalue weighted by Gasteiger charge is 2.15. The number of aromatic nitrogens is 1. The molecule has 0 fully saturated rings. The van der Waals surface area contributed by atoms with E-state index < -0.39 is 11.6 Å². The third-order valence-electron chi connectivity index (χ3n) is 4.21. The maximum atomic E-state index is 13.8. The van der Waals surface area contributed by atoms with Crippen LogP contribution in [0.2, 0.25) is 0 Å². The van der Waals surface area contributed by atoms with Gasteiger partial charge < -0.3 is 9.84 Å². The first-order chi connectivity index (χ1) is 13.0. The Bertz CT molecular complexity index is 910. The number of rotatable bonds is 7. The largest absolute Gasteiger partial charge is 0.356 e. The molecule has 0 bridgehead atoms. The molecule has 0 spiro atoms. The summed E-state index contributed by atoms with van der Waals surface area (Å²) >= 11 is 0. The lowest BCUT2D eigenvalue weighted by Gasteiger charge is -2.13. The molecule has 6 heteroatoms. The Morgan fingerprint density at radius 2 is 1.93 bits per heavy atom. The predicted octanol–water partition coefficient (Wildman–Crippen LogP) is 4.30. The molecule has 0 saturated heterocycles. The average Bonchev–Trinajstić information content (AvgIpc) is 3.08. The standard InChI is InChI=1S/C21H20F2N2O2/c1-14(7-8-15-5-3-2-4-6-15)24-21(26)13-17-12-20(27-25-17)18-10-9-16(22)11-19(18)23/h2-6,9-12,14H,7-8,13H2,1H3,(H,24,26). The van der Waals surface area contributed by atoms with Crippen LogP contribution in [0.25, 0.3) is 11.3 Å². The fourth-order valence-electron chi connectivity index (χ4n) is 2.80. The van der Waals surface area contributed by atoms with Gasteiger partial charge in [0.05, 0.1) is 17.7 Å². The van der Waals surface area contributed by atoms with Crippen LogP contribution in [-0.2, 0) is 17.6 Å². The van der Waals surface area contributed by atoms with E-state index in [-0.39, 0.29) is 29.7 Å². The summed E-state index contributed by atoms with van der Waals surface area (Å²) < 4.78 is 31.9. The Balaban J connectivity index is 1.53. The van der Waals surface area contributed by atoms with Gasteiger partial charge in [0.25, 0.3) is 0 Å². The molecule has 0 saturated carbocycles. The fraction of sp³-hybridized carbons (Fsp3) is 0.238. The molecule has 3 rings (SSSR count). The second kappa shape index (κ2) is 8.58. The number of nitrogens with zero attached hydrogens (tertiary/aromatic N) is 1. The van der Waals surface area contributed by atoms with Crippen molar-refractivity contribution in [3.8, 4) is 11.3 Å². The SMILES string of the molecule is CC(CCc1ccccc1)NC(=O)Cc1cc(-c2ccc(F)cc2F)on1. The normalized spacial score (nSPS) is 12.0. The molecule has 0 radical (unpaired) electrons. The van der Waals surface area contributed by atoms with Gasteiger partial charge in [-0.25, -0.2) is 8.78 Å². The van der Waals surface area contributed by atoms with Crippen molar-refractivity contribution < 1.29 is 18.1 Å². The fourth-order valence-corrected chi connectivity index (χ4v) is 2.80. The van der Waals surface area contributed by atoms with E-state index in [1.165, 1.54) is 17.7 Å². The Kier molecular flexibility index (Phi) is 5.96. The molecule has 0 aliphatic carbocycles. The van der Waals surface area contributed by atoms with Crippen LogP contribution in [-0.4, -0.2) is 17.1 Å². The molecule has 1 amide bonds. The summed E-state index contributed by atoms with van der Waals surface area (Å²) in [7, 11) is 0. The summed E-state index contributed by atoms with van der Waals surface area (Å²) in [6.45, 7) is 1.95. The maximum Gasteiger partial charge on any atom is 0.226 e. The van der Waals surface area contributed by atoms with Gasteiger partial charge in [-0.1, -0.05) is 35.5 Å². The first kappa shape index (κ1) is 18.8. The van der Waals surface area contributed by atoms with Gasteiger partial charge >= 0.3 is 0 Å². The summed E-state index contributed by atoms with van der Waals surface area (Å²) in [5.74, 6) is -1.43. The summed E-state index contributed by atoms with van der Waals surface area (Å²) in [6, 6.07) is 14.8. The molecule has 1 atom stereocenters. The van der Waals surface area contributed by atoms with Crippen molar-refractivity contribution >= 4 is 5.91 Å². The quantitative estimate of drug-likeness (QED) is 0.675. The van der Waals surface area contributed by atoms with Gasteiger partial charge in [-0.15, -0.1) is 0 Å². The third-order valence-corrected chi connectivity index (χ3v) is 4.21. The van der Waals surface area contributed by atoms with Crippen LogP contribution in [0.1, 0.15) is 24.6 Å². The number of hydrogen-bond donors (Lipinski definition) is 1. The summed E-state index contributed by atoms with van der Waals surface area (Å²) in [6.07, 6.45) is 1.73. The molecule has 1 heterocycles. The third kappa shape index (κ3) is 5.23. The zero-order valence-corrected chi connectivity index (χ0v) is 14.9. The van der Waals surface area contributed by atoms with Crippen molar-refractivity contribution in [3.63, 3.8) is 0 Å². The van der Waals surface area contributed by atoms with Crippen molar-refractivity contribution in [1.82, 2.24) is 10.5 Å². The first-order valence-electron chi connectivity index (χ1n) is 8.75. The lowest BCUT2D eigenvalue weighted by atomic mass is 10.1. The van der Waals surface area contributed by atoms with E-state index in [9.17, 15) is 13.6 Å². The van der Waals surface area contributed by atoms with E-state index in [0.29, 0.717) is 5.69 Å². The summed E-state index contributed by atoms with van der Waals surface area (Å²) in [5.41, 5.74) is 1.72. The summed E-state index contributed by atoms with van der Waals surface area (Å²) in [5, 5.41) is 6.72. The van der Waals surface area contributed by atoms with Crippen molar-refractivity contribution in [2.45, 2.75) is 32.2 Å². The lowest BCUT2D eigenvalue weighted by molar-refractivity contribution is -0.121. The van der Waals surface area contributed by atoms with Gasteiger partial charge in [0, 0.05) is 18.2 Å². The van der Waals surface area contributed by atoms with Crippen LogP contribution in [0.3, 0.4) is 0 Å². The Labute approximate surface area is 156 Å². The number of amides is 1. The molecule has 1 N–H and O–H groups in total. The second-order valence-corrected chi connectivity index (χ2v) is 6.48. The minimum Gasteiger partial charge on any atom is -0.356 e. The van der Waals surface area contributed by atoms with E-state index in [2.05, 4.69) is 22.6 Å². The molecule has 1 aromatic heterocycles. The number of benzene rings is 2. The number of hydrogen-bond acceptors (Lipinski definition) is 3. The van der Waals surface area contributed by atoms with Gasteiger partial charge in [-0.2, -0.15) is 0 Å². The van der Waals surface area contributed by atoms with Gasteiger partial charge in [0.1, 0.15) is 11.6 Å². The van der Waals surface area contributed by atoms with Crippen LogP contribution in [0.4, 0.5) is 8.78 Å². The molecule has 3 aromatic rings. The molecule has 0 aliphatic rings. The van der Waals surface area contributed by atoms with Crippen LogP contribution >= 0.6 is 0 Å². The molecule has 1 unspecified atom stereocenters. The number of halogens is 2. The van der Waals surface area contributed by atoms with Crippen molar-refractivity contribution in [1.29, 1.82) is 0 Å². The van der Waals surface area contributed by atoms with E-state index in [1.54, 1.807) is 0 Å². The first-order valence-corrected chi connectivity index (χ1v) is 8.75. The smallest absolute Gasteiger partial charge is 0.226 e. The monoisotopic (exact) mass is 370 g/mol. The van der Waals surface area contributed by atoms with Crippen molar-refractivity contribution in [2.75, 3.05) is 0 Å². The van der Waals surface area contributed by atoms with E-state index in [4.69, 9.17) is 4.52 Å². The van der Waals surface area contributed by atoms with E-state index >= 15 is 0 Å². The number of nitrogens with one attached hydrogen (secondary N) is 1. The molecule has 140 valence electrons. The molecular weight excluding hydrogens is 350 g/mol. The Hall–Kier alpha value is -3.02. The zero-order chi connectivity index (χ0) is 19.2. The Morgan fingerprint density at radius 1 is 1.15 bits per heavy atom. The van der Waals surface area contributed by atoms with Crippen LogP contribution in [0.5, 0.6) is 0 Å².